The molecule has 1 aromatic rings. The molecule has 1 amide bonds. The smallest absolute Gasteiger partial charge is 0.226 e. The van der Waals surface area contributed by atoms with E-state index < -0.39 is 0 Å². The van der Waals surface area contributed by atoms with Crippen molar-refractivity contribution in [3.63, 3.8) is 0 Å². The lowest BCUT2D eigenvalue weighted by Crippen LogP contribution is -2.40. The van der Waals surface area contributed by atoms with Crippen molar-refractivity contribution in [3.8, 4) is 0 Å². The molecule has 1 spiro atoms. The molecule has 1 N–H and O–H groups in total. The summed E-state index contributed by atoms with van der Waals surface area (Å²) in [6.07, 6.45) is 5.90. The molecule has 24 heavy (non-hydrogen) atoms. The van der Waals surface area contributed by atoms with Crippen LogP contribution in [0.15, 0.2) is 16.8 Å². The molecule has 1 aliphatic heterocycles. The zero-order valence-electron chi connectivity index (χ0n) is 14.7. The second-order valence-corrected chi connectivity index (χ2v) is 8.97. The van der Waals surface area contributed by atoms with Gasteiger partial charge in [0, 0.05) is 18.5 Å². The Hall–Kier alpha value is -0.580. The summed E-state index contributed by atoms with van der Waals surface area (Å²) >= 11 is 1.73. The van der Waals surface area contributed by atoms with Crippen LogP contribution >= 0.6 is 23.7 Å². The van der Waals surface area contributed by atoms with Gasteiger partial charge in [0.05, 0.1) is 0 Å². The van der Waals surface area contributed by atoms with E-state index in [9.17, 15) is 4.79 Å². The summed E-state index contributed by atoms with van der Waals surface area (Å²) in [6.45, 7) is 7.56. The zero-order valence-corrected chi connectivity index (χ0v) is 16.3. The van der Waals surface area contributed by atoms with Gasteiger partial charge in [0.2, 0.25) is 5.91 Å². The van der Waals surface area contributed by atoms with Crippen molar-refractivity contribution in [1.29, 1.82) is 0 Å². The number of nitrogens with zero attached hydrogens (tertiary/aromatic N) is 1. The van der Waals surface area contributed by atoms with Crippen LogP contribution in [0.25, 0.3) is 0 Å². The van der Waals surface area contributed by atoms with Crippen LogP contribution < -0.4 is 5.32 Å². The Balaban J connectivity index is 0.00000169. The molecule has 3 atom stereocenters. The molecule has 3 unspecified atom stereocenters. The van der Waals surface area contributed by atoms with Crippen molar-refractivity contribution >= 4 is 29.7 Å². The van der Waals surface area contributed by atoms with Crippen LogP contribution in [-0.2, 0) is 11.3 Å². The van der Waals surface area contributed by atoms with Gasteiger partial charge < -0.3 is 10.2 Å². The van der Waals surface area contributed by atoms with Crippen LogP contribution in [0.2, 0.25) is 0 Å². The van der Waals surface area contributed by atoms with E-state index in [-0.39, 0.29) is 23.7 Å². The lowest BCUT2D eigenvalue weighted by atomic mass is 9.93. The van der Waals surface area contributed by atoms with Crippen molar-refractivity contribution in [2.24, 2.45) is 16.7 Å². The fourth-order valence-corrected chi connectivity index (χ4v) is 5.19. The van der Waals surface area contributed by atoms with E-state index in [0.29, 0.717) is 17.4 Å². The van der Waals surface area contributed by atoms with Crippen LogP contribution in [0.1, 0.15) is 51.5 Å². The van der Waals surface area contributed by atoms with Crippen molar-refractivity contribution in [2.75, 3.05) is 13.1 Å². The molecule has 5 heteroatoms. The van der Waals surface area contributed by atoms with Crippen molar-refractivity contribution in [2.45, 2.75) is 58.5 Å². The summed E-state index contributed by atoms with van der Waals surface area (Å²) in [5, 5.41) is 7.79. The van der Waals surface area contributed by atoms with Crippen LogP contribution in [0.5, 0.6) is 0 Å². The second kappa shape index (κ2) is 6.62. The number of piperidine rings is 1. The topological polar surface area (TPSA) is 32.3 Å². The minimum Gasteiger partial charge on any atom is -0.335 e. The van der Waals surface area contributed by atoms with E-state index in [2.05, 4.69) is 40.9 Å². The molecule has 1 aromatic heterocycles. The maximum absolute atomic E-state index is 13.2. The Morgan fingerprint density at radius 1 is 1.38 bits per heavy atom. The largest absolute Gasteiger partial charge is 0.335 e. The van der Waals surface area contributed by atoms with Gasteiger partial charge in [-0.2, -0.15) is 11.3 Å². The Bertz CT molecular complexity index is 584. The van der Waals surface area contributed by atoms with Gasteiger partial charge in [-0.05, 0) is 78.4 Å². The molecule has 2 heterocycles. The Morgan fingerprint density at radius 3 is 2.71 bits per heavy atom. The van der Waals surface area contributed by atoms with Gasteiger partial charge in [-0.3, -0.25) is 4.79 Å². The highest BCUT2D eigenvalue weighted by Gasteiger charge is 2.61. The lowest BCUT2D eigenvalue weighted by molar-refractivity contribution is -0.135. The van der Waals surface area contributed by atoms with Crippen molar-refractivity contribution < 1.29 is 4.79 Å². The highest BCUT2D eigenvalue weighted by atomic mass is 35.5. The fraction of sp³-hybridized carbons (Fsp3) is 0.737. The molecule has 0 aromatic carbocycles. The summed E-state index contributed by atoms with van der Waals surface area (Å²) in [5.74, 6) is 0.700. The monoisotopic (exact) mass is 368 g/mol. The second-order valence-electron chi connectivity index (χ2n) is 8.19. The summed E-state index contributed by atoms with van der Waals surface area (Å²) in [7, 11) is 0. The van der Waals surface area contributed by atoms with Gasteiger partial charge in [-0.25, -0.2) is 0 Å². The first kappa shape index (κ1) is 18.2. The lowest BCUT2D eigenvalue weighted by Gasteiger charge is -2.30. The Labute approximate surface area is 155 Å². The highest BCUT2D eigenvalue weighted by Crippen LogP contribution is 2.60. The predicted molar refractivity (Wildman–Crippen MR) is 102 cm³/mol. The molecule has 0 radical (unpaired) electrons. The van der Waals surface area contributed by atoms with Crippen LogP contribution in [0.3, 0.4) is 0 Å². The summed E-state index contributed by atoms with van der Waals surface area (Å²) in [6, 6.07) is 2.66. The number of carbonyl (C=O) groups excluding carboxylic acids is 1. The van der Waals surface area contributed by atoms with Gasteiger partial charge >= 0.3 is 0 Å². The van der Waals surface area contributed by atoms with Gasteiger partial charge in [-0.1, -0.05) is 13.8 Å². The molecule has 134 valence electrons. The van der Waals surface area contributed by atoms with Gasteiger partial charge in [0.15, 0.2) is 0 Å². The van der Waals surface area contributed by atoms with Gasteiger partial charge in [-0.15, -0.1) is 12.4 Å². The first-order valence-electron chi connectivity index (χ1n) is 9.10. The minimum absolute atomic E-state index is 0. The van der Waals surface area contributed by atoms with Gasteiger partial charge in [0.1, 0.15) is 0 Å². The predicted octanol–water partition coefficient (Wildman–Crippen LogP) is 4.08. The van der Waals surface area contributed by atoms with E-state index in [1.165, 1.54) is 24.8 Å². The summed E-state index contributed by atoms with van der Waals surface area (Å²) in [5.41, 5.74) is 1.99. The van der Waals surface area contributed by atoms with E-state index in [0.717, 1.165) is 32.5 Å². The van der Waals surface area contributed by atoms with E-state index in [1.807, 2.05) is 0 Å². The fourth-order valence-electron chi connectivity index (χ4n) is 4.53. The number of thiophene rings is 1. The molecule has 3 nitrogen and oxygen atoms in total. The zero-order chi connectivity index (χ0) is 16.1. The van der Waals surface area contributed by atoms with Crippen LogP contribution in [0, 0.1) is 16.7 Å². The van der Waals surface area contributed by atoms with Gasteiger partial charge in [0.25, 0.3) is 0 Å². The molecule has 4 rings (SSSR count). The number of amides is 1. The first-order valence-corrected chi connectivity index (χ1v) is 10.0. The highest BCUT2D eigenvalue weighted by molar-refractivity contribution is 7.07. The average Bonchev–Trinajstić information content (AvgIpc) is 3.35. The minimum atomic E-state index is 0. The molecule has 2 aliphatic carbocycles. The van der Waals surface area contributed by atoms with E-state index in [1.54, 1.807) is 11.3 Å². The summed E-state index contributed by atoms with van der Waals surface area (Å²) < 4.78 is 0. The average molecular weight is 369 g/mol. The molecule has 1 saturated heterocycles. The molecule has 0 bridgehead atoms. The number of halogens is 1. The van der Waals surface area contributed by atoms with Crippen molar-refractivity contribution in [1.82, 2.24) is 10.2 Å². The molecular formula is C19H29ClN2OS. The van der Waals surface area contributed by atoms with Crippen LogP contribution in [-0.4, -0.2) is 29.9 Å². The maximum Gasteiger partial charge on any atom is 0.226 e. The molecule has 3 aliphatic rings. The normalized spacial score (nSPS) is 32.9. The number of carbonyl (C=O) groups is 1. The Morgan fingerprint density at radius 2 is 2.12 bits per heavy atom. The molecule has 2 saturated carbocycles. The number of hydrogen-bond donors (Lipinski definition) is 1. The number of hydrogen-bond acceptors (Lipinski definition) is 3. The standard InChI is InChI=1S/C19H28N2OS.ClH/c1-3-18(2)10-15(18)17(22)21(12-14-4-9-23-13-14)16-11-19(16)5-7-20-8-6-19;/h4,9,13,15-16,20H,3,5-8,10-12H2,1-2H3;1H. The Kier molecular flexibility index (Phi) is 5.03. The quantitative estimate of drug-likeness (QED) is 0.849. The van der Waals surface area contributed by atoms with Crippen LogP contribution in [0.4, 0.5) is 0 Å². The molecular weight excluding hydrogens is 340 g/mol. The third-order valence-electron chi connectivity index (χ3n) is 6.80. The van der Waals surface area contributed by atoms with Crippen molar-refractivity contribution in [3.05, 3.63) is 22.4 Å². The third-order valence-corrected chi connectivity index (χ3v) is 7.53. The van der Waals surface area contributed by atoms with E-state index >= 15 is 0 Å². The number of rotatable bonds is 5. The maximum atomic E-state index is 13.2. The summed E-state index contributed by atoms with van der Waals surface area (Å²) in [4.78, 5) is 15.5. The molecule has 3 fully saturated rings. The number of nitrogens with one attached hydrogen (secondary N) is 1. The van der Waals surface area contributed by atoms with E-state index in [4.69, 9.17) is 0 Å². The first-order chi connectivity index (χ1) is 11.1. The third kappa shape index (κ3) is 3.13. The SMILES string of the molecule is CCC1(C)CC1C(=O)N(Cc1ccsc1)C1CC12CCNCC2.Cl.